The van der Waals surface area contributed by atoms with E-state index in [4.69, 9.17) is 10.5 Å². The average molecular weight is 214 g/mol. The third kappa shape index (κ3) is 3.74. The van der Waals surface area contributed by atoms with Gasteiger partial charge >= 0.3 is 0 Å². The maximum absolute atomic E-state index is 5.82. The smallest absolute Gasteiger partial charge is 0.0779 e. The third-order valence-electron chi connectivity index (χ3n) is 3.44. The number of rotatable bonds is 6. The first-order valence-corrected chi connectivity index (χ1v) is 6.13. The van der Waals surface area contributed by atoms with Crippen molar-refractivity contribution < 1.29 is 4.74 Å². The lowest BCUT2D eigenvalue weighted by Crippen LogP contribution is -2.53. The van der Waals surface area contributed by atoms with E-state index in [2.05, 4.69) is 26.1 Å². The molecular weight excluding hydrogens is 188 g/mol. The number of nitrogens with two attached hydrogens (primary N) is 1. The molecule has 2 atom stereocenters. The molecule has 0 aliphatic carbocycles. The highest BCUT2D eigenvalue weighted by molar-refractivity contribution is 4.90. The predicted octanol–water partition coefficient (Wildman–Crippen LogP) is 1.66. The normalized spacial score (nSPS) is 30.4. The minimum atomic E-state index is 0.0319. The predicted molar refractivity (Wildman–Crippen MR) is 64.0 cm³/mol. The number of ether oxygens (including phenoxy) is 1. The van der Waals surface area contributed by atoms with Crippen LogP contribution in [0.5, 0.6) is 0 Å². The van der Waals surface area contributed by atoms with E-state index in [0.29, 0.717) is 6.54 Å². The molecule has 0 aromatic carbocycles. The van der Waals surface area contributed by atoms with Gasteiger partial charge in [0.2, 0.25) is 0 Å². The van der Waals surface area contributed by atoms with Gasteiger partial charge in [0.25, 0.3) is 0 Å². The summed E-state index contributed by atoms with van der Waals surface area (Å²) in [5.41, 5.74) is 5.92. The molecule has 1 aliphatic heterocycles. The van der Waals surface area contributed by atoms with Gasteiger partial charge in [-0.2, -0.15) is 0 Å². The highest BCUT2D eigenvalue weighted by Crippen LogP contribution is 2.25. The number of hydrogen-bond acceptors (Lipinski definition) is 3. The number of nitrogens with one attached hydrogen (secondary N) is 1. The second-order valence-corrected chi connectivity index (χ2v) is 5.27. The van der Waals surface area contributed by atoms with E-state index >= 15 is 0 Å². The molecule has 0 radical (unpaired) electrons. The Balaban J connectivity index is 2.39. The van der Waals surface area contributed by atoms with Crippen molar-refractivity contribution in [2.45, 2.75) is 57.6 Å². The summed E-state index contributed by atoms with van der Waals surface area (Å²) in [5.74, 6) is 0. The zero-order valence-corrected chi connectivity index (χ0v) is 10.4. The van der Waals surface area contributed by atoms with Crippen LogP contribution in [0.1, 0.15) is 46.5 Å². The van der Waals surface area contributed by atoms with Gasteiger partial charge in [-0.15, -0.1) is 0 Å². The van der Waals surface area contributed by atoms with Crippen LogP contribution >= 0.6 is 0 Å². The summed E-state index contributed by atoms with van der Waals surface area (Å²) in [6, 6.07) is 0. The van der Waals surface area contributed by atoms with Crippen LogP contribution in [-0.4, -0.2) is 30.8 Å². The van der Waals surface area contributed by atoms with Gasteiger partial charge in [0, 0.05) is 25.2 Å². The van der Waals surface area contributed by atoms with Crippen molar-refractivity contribution in [3.05, 3.63) is 0 Å². The summed E-state index contributed by atoms with van der Waals surface area (Å²) in [6.07, 6.45) is 4.63. The van der Waals surface area contributed by atoms with Gasteiger partial charge in [-0.1, -0.05) is 13.3 Å². The molecule has 1 heterocycles. The lowest BCUT2D eigenvalue weighted by Gasteiger charge is -2.34. The van der Waals surface area contributed by atoms with Crippen LogP contribution < -0.4 is 11.1 Å². The van der Waals surface area contributed by atoms with Crippen LogP contribution in [-0.2, 0) is 4.74 Å². The molecule has 0 spiro atoms. The van der Waals surface area contributed by atoms with Crippen molar-refractivity contribution in [3.8, 4) is 0 Å². The van der Waals surface area contributed by atoms with Gasteiger partial charge in [0.1, 0.15) is 0 Å². The molecule has 3 heteroatoms. The monoisotopic (exact) mass is 214 g/mol. The first-order chi connectivity index (χ1) is 7.04. The summed E-state index contributed by atoms with van der Waals surface area (Å²) < 4.78 is 5.76. The Kier molecular flexibility index (Phi) is 4.56. The SMILES string of the molecule is CCCC(C)(CN)NCC1(C)CCCO1. The third-order valence-corrected chi connectivity index (χ3v) is 3.44. The van der Waals surface area contributed by atoms with E-state index < -0.39 is 0 Å². The lowest BCUT2D eigenvalue weighted by molar-refractivity contribution is 0.0147. The minimum absolute atomic E-state index is 0.0319. The molecule has 2 unspecified atom stereocenters. The molecule has 90 valence electrons. The van der Waals surface area contributed by atoms with Gasteiger partial charge in [-0.05, 0) is 33.1 Å². The van der Waals surface area contributed by atoms with Crippen molar-refractivity contribution in [2.24, 2.45) is 5.73 Å². The van der Waals surface area contributed by atoms with E-state index in [1.165, 1.54) is 6.42 Å². The van der Waals surface area contributed by atoms with Gasteiger partial charge in [-0.3, -0.25) is 0 Å². The van der Waals surface area contributed by atoms with Gasteiger partial charge in [0.15, 0.2) is 0 Å². The molecule has 0 aromatic rings. The summed E-state index contributed by atoms with van der Waals surface area (Å²) in [5, 5.41) is 3.58. The molecule has 0 bridgehead atoms. The Hall–Kier alpha value is -0.120. The fraction of sp³-hybridized carbons (Fsp3) is 1.00. The molecule has 0 amide bonds. The Labute approximate surface area is 93.8 Å². The molecule has 1 saturated heterocycles. The molecular formula is C12H26N2O. The molecule has 1 aliphatic rings. The van der Waals surface area contributed by atoms with Gasteiger partial charge in [-0.25, -0.2) is 0 Å². The van der Waals surface area contributed by atoms with Crippen LogP contribution in [0.25, 0.3) is 0 Å². The van der Waals surface area contributed by atoms with E-state index in [9.17, 15) is 0 Å². The Morgan fingerprint density at radius 3 is 2.73 bits per heavy atom. The Morgan fingerprint density at radius 1 is 1.53 bits per heavy atom. The zero-order valence-electron chi connectivity index (χ0n) is 10.4. The first kappa shape index (κ1) is 12.9. The van der Waals surface area contributed by atoms with E-state index in [0.717, 1.165) is 32.4 Å². The highest BCUT2D eigenvalue weighted by Gasteiger charge is 2.32. The zero-order chi connectivity index (χ0) is 11.4. The van der Waals surface area contributed by atoms with Crippen molar-refractivity contribution in [1.82, 2.24) is 5.32 Å². The van der Waals surface area contributed by atoms with Gasteiger partial charge < -0.3 is 15.8 Å². The first-order valence-electron chi connectivity index (χ1n) is 6.13. The molecule has 0 saturated carbocycles. The van der Waals surface area contributed by atoms with Crippen molar-refractivity contribution in [1.29, 1.82) is 0 Å². The van der Waals surface area contributed by atoms with Crippen LogP contribution in [0.15, 0.2) is 0 Å². The second-order valence-electron chi connectivity index (χ2n) is 5.27. The fourth-order valence-electron chi connectivity index (χ4n) is 2.19. The summed E-state index contributed by atoms with van der Waals surface area (Å²) in [6.45, 7) is 9.11. The Morgan fingerprint density at radius 2 is 2.27 bits per heavy atom. The molecule has 1 rings (SSSR count). The standard InChI is InChI=1S/C12H26N2O/c1-4-6-11(2,9-13)14-10-12(3)7-5-8-15-12/h14H,4-10,13H2,1-3H3. The molecule has 3 N–H and O–H groups in total. The van der Waals surface area contributed by atoms with Crippen LogP contribution in [0, 0.1) is 0 Å². The van der Waals surface area contributed by atoms with Crippen LogP contribution in [0.4, 0.5) is 0 Å². The van der Waals surface area contributed by atoms with Crippen LogP contribution in [0.2, 0.25) is 0 Å². The molecule has 15 heavy (non-hydrogen) atoms. The molecule has 0 aromatic heterocycles. The second kappa shape index (κ2) is 5.28. The highest BCUT2D eigenvalue weighted by atomic mass is 16.5. The molecule has 1 fully saturated rings. The van der Waals surface area contributed by atoms with E-state index in [-0.39, 0.29) is 11.1 Å². The average Bonchev–Trinajstić information content (AvgIpc) is 2.64. The number of hydrogen-bond donors (Lipinski definition) is 2. The van der Waals surface area contributed by atoms with Crippen molar-refractivity contribution in [3.63, 3.8) is 0 Å². The van der Waals surface area contributed by atoms with Gasteiger partial charge in [0.05, 0.1) is 5.60 Å². The lowest BCUT2D eigenvalue weighted by atomic mass is 9.94. The van der Waals surface area contributed by atoms with Crippen LogP contribution in [0.3, 0.4) is 0 Å². The quantitative estimate of drug-likeness (QED) is 0.707. The minimum Gasteiger partial charge on any atom is -0.374 e. The van der Waals surface area contributed by atoms with E-state index in [1.54, 1.807) is 0 Å². The summed E-state index contributed by atoms with van der Waals surface area (Å²) in [4.78, 5) is 0. The van der Waals surface area contributed by atoms with Crippen molar-refractivity contribution in [2.75, 3.05) is 19.7 Å². The topological polar surface area (TPSA) is 47.3 Å². The summed E-state index contributed by atoms with van der Waals surface area (Å²) >= 11 is 0. The maximum atomic E-state index is 5.82. The Bertz CT molecular complexity index is 190. The largest absolute Gasteiger partial charge is 0.374 e. The summed E-state index contributed by atoms with van der Waals surface area (Å²) in [7, 11) is 0. The fourth-order valence-corrected chi connectivity index (χ4v) is 2.19. The maximum Gasteiger partial charge on any atom is 0.0779 e. The van der Waals surface area contributed by atoms with Crippen molar-refractivity contribution >= 4 is 0 Å². The van der Waals surface area contributed by atoms with E-state index in [1.807, 2.05) is 0 Å². The molecule has 3 nitrogen and oxygen atoms in total.